The van der Waals surface area contributed by atoms with Crippen LogP contribution in [0.15, 0.2) is 30.4 Å². The van der Waals surface area contributed by atoms with Crippen LogP contribution in [-0.4, -0.2) is 0 Å². The maximum atomic E-state index is 3.63. The summed E-state index contributed by atoms with van der Waals surface area (Å²) in [7, 11) is 0. The summed E-state index contributed by atoms with van der Waals surface area (Å²) in [6, 6.07) is 0. The first-order chi connectivity index (χ1) is 3.93. The Labute approximate surface area is 99.4 Å². The Hall–Kier alpha value is 0.670. The van der Waals surface area contributed by atoms with Gasteiger partial charge in [0, 0.05) is 25.8 Å². The topological polar surface area (TPSA) is 0 Å². The standard InChI is InChI=1S/C8H9.2ClH.Hf/c1-2-5-8-6-3-4-7-8;;;/h2-3,6H,1,4-5H2;2*1H;/q-1;;;/p-2. The van der Waals surface area contributed by atoms with Crippen LogP contribution in [0.2, 0.25) is 0 Å². The summed E-state index contributed by atoms with van der Waals surface area (Å²) in [6.07, 6.45) is 11.3. The molecule has 0 radical (unpaired) electrons. The van der Waals surface area contributed by atoms with Gasteiger partial charge in [-0.15, -0.1) is 13.0 Å². The van der Waals surface area contributed by atoms with Crippen molar-refractivity contribution in [3.05, 3.63) is 36.5 Å². The van der Waals surface area contributed by atoms with Gasteiger partial charge in [0.2, 0.25) is 0 Å². The predicted octanol–water partition coefficient (Wildman–Crippen LogP) is -3.74. The van der Waals surface area contributed by atoms with Crippen LogP contribution in [0, 0.1) is 6.08 Å². The zero-order chi connectivity index (χ0) is 5.82. The first-order valence-electron chi connectivity index (χ1n) is 2.80. The number of allylic oxidation sites excluding steroid dienone is 5. The Morgan fingerprint density at radius 2 is 2.18 bits per heavy atom. The van der Waals surface area contributed by atoms with E-state index in [1.165, 1.54) is 5.57 Å². The Morgan fingerprint density at radius 3 is 2.55 bits per heavy atom. The van der Waals surface area contributed by atoms with Crippen LogP contribution in [-0.2, 0) is 25.8 Å². The van der Waals surface area contributed by atoms with E-state index in [1.807, 2.05) is 6.08 Å². The molecule has 0 N–H and O–H groups in total. The zero-order valence-electron chi connectivity index (χ0n) is 6.11. The van der Waals surface area contributed by atoms with Gasteiger partial charge in [-0.05, 0) is 6.42 Å². The smallest absolute Gasteiger partial charge is 0 e. The van der Waals surface area contributed by atoms with E-state index >= 15 is 0 Å². The van der Waals surface area contributed by atoms with Crippen molar-refractivity contribution in [1.29, 1.82) is 0 Å². The number of halogens is 2. The van der Waals surface area contributed by atoms with Crippen molar-refractivity contribution in [1.82, 2.24) is 0 Å². The maximum absolute atomic E-state index is 3.63. The van der Waals surface area contributed by atoms with E-state index in [0.717, 1.165) is 12.8 Å². The van der Waals surface area contributed by atoms with Crippen molar-refractivity contribution in [2.45, 2.75) is 12.8 Å². The molecule has 0 bridgehead atoms. The van der Waals surface area contributed by atoms with E-state index in [-0.39, 0.29) is 50.7 Å². The van der Waals surface area contributed by atoms with E-state index in [4.69, 9.17) is 0 Å². The third-order valence-corrected chi connectivity index (χ3v) is 1.13. The number of hydrogen-bond donors (Lipinski definition) is 0. The van der Waals surface area contributed by atoms with E-state index in [1.54, 1.807) is 0 Å². The van der Waals surface area contributed by atoms with Gasteiger partial charge < -0.3 is 24.8 Å². The zero-order valence-corrected chi connectivity index (χ0v) is 11.2. The molecule has 0 amide bonds. The van der Waals surface area contributed by atoms with Gasteiger partial charge in [-0.3, -0.25) is 6.08 Å². The second kappa shape index (κ2) is 10.7. The van der Waals surface area contributed by atoms with Gasteiger partial charge in [0.1, 0.15) is 0 Å². The minimum Gasteiger partial charge on any atom is -1.00 e. The molecule has 0 unspecified atom stereocenters. The van der Waals surface area contributed by atoms with Crippen LogP contribution in [0.3, 0.4) is 0 Å². The molecule has 0 fully saturated rings. The van der Waals surface area contributed by atoms with Crippen LogP contribution in [0.4, 0.5) is 0 Å². The summed E-state index contributed by atoms with van der Waals surface area (Å²) in [5.74, 6) is 0. The van der Waals surface area contributed by atoms with Gasteiger partial charge in [-0.1, -0.05) is 6.08 Å². The Morgan fingerprint density at radius 1 is 1.55 bits per heavy atom. The molecule has 1 aliphatic rings. The molecule has 0 saturated carbocycles. The van der Waals surface area contributed by atoms with E-state index < -0.39 is 0 Å². The van der Waals surface area contributed by atoms with Crippen LogP contribution in [0.1, 0.15) is 12.8 Å². The Balaban J connectivity index is -0.000000213. The van der Waals surface area contributed by atoms with Gasteiger partial charge in [-0.25, -0.2) is 11.6 Å². The first-order valence-corrected chi connectivity index (χ1v) is 2.80. The number of rotatable bonds is 2. The second-order valence-corrected chi connectivity index (χ2v) is 1.80. The molecular weight excluding hydrogens is 345 g/mol. The summed E-state index contributed by atoms with van der Waals surface area (Å²) in [5, 5.41) is 0. The molecule has 11 heavy (non-hydrogen) atoms. The van der Waals surface area contributed by atoms with E-state index in [0.29, 0.717) is 0 Å². The average molecular weight is 355 g/mol. The van der Waals surface area contributed by atoms with Crippen LogP contribution >= 0.6 is 0 Å². The first kappa shape index (κ1) is 17.7. The quantitative estimate of drug-likeness (QED) is 0.272. The van der Waals surface area contributed by atoms with Crippen molar-refractivity contribution in [2.24, 2.45) is 0 Å². The molecule has 0 aliphatic heterocycles. The molecule has 0 aromatic heterocycles. The molecule has 3 heteroatoms. The fourth-order valence-electron chi connectivity index (χ4n) is 0.746. The normalized spacial score (nSPS) is 11.8. The monoisotopic (exact) mass is 355 g/mol. The molecule has 0 spiro atoms. The minimum atomic E-state index is 0. The van der Waals surface area contributed by atoms with Crippen molar-refractivity contribution < 1.29 is 50.7 Å². The summed E-state index contributed by atoms with van der Waals surface area (Å²) in [5.41, 5.74) is 1.28. The van der Waals surface area contributed by atoms with Crippen LogP contribution < -0.4 is 24.8 Å². The summed E-state index contributed by atoms with van der Waals surface area (Å²) >= 11 is 0. The van der Waals surface area contributed by atoms with Crippen molar-refractivity contribution in [3.8, 4) is 0 Å². The van der Waals surface area contributed by atoms with Gasteiger partial charge in [-0.2, -0.15) is 6.08 Å². The summed E-state index contributed by atoms with van der Waals surface area (Å²) in [6.45, 7) is 3.63. The number of hydrogen-bond acceptors (Lipinski definition) is 0. The molecule has 0 atom stereocenters. The summed E-state index contributed by atoms with van der Waals surface area (Å²) in [4.78, 5) is 0. The van der Waals surface area contributed by atoms with E-state index in [9.17, 15) is 0 Å². The van der Waals surface area contributed by atoms with Gasteiger partial charge in [0.15, 0.2) is 0 Å². The maximum Gasteiger partial charge on any atom is 0 e. The van der Waals surface area contributed by atoms with Crippen LogP contribution in [0.5, 0.6) is 0 Å². The fourth-order valence-corrected chi connectivity index (χ4v) is 0.746. The molecule has 62 valence electrons. The molecule has 0 aromatic rings. The SMILES string of the molecule is C=CCC1=[C-]CC=C1.[Cl-].[Cl-].[Hf]. The van der Waals surface area contributed by atoms with E-state index in [2.05, 4.69) is 24.8 Å². The molecule has 0 aromatic carbocycles. The second-order valence-electron chi connectivity index (χ2n) is 1.80. The third kappa shape index (κ3) is 7.05. The van der Waals surface area contributed by atoms with Crippen molar-refractivity contribution in [3.63, 3.8) is 0 Å². The molecular formula is C8H9Cl2Hf-3. The third-order valence-electron chi connectivity index (χ3n) is 1.13. The molecule has 0 nitrogen and oxygen atoms in total. The molecule has 0 saturated heterocycles. The summed E-state index contributed by atoms with van der Waals surface area (Å²) < 4.78 is 0. The molecule has 1 rings (SSSR count). The van der Waals surface area contributed by atoms with Gasteiger partial charge in [0.25, 0.3) is 0 Å². The fraction of sp³-hybridized carbons (Fsp3) is 0.250. The Bertz CT molecular complexity index is 150. The predicted molar refractivity (Wildman–Crippen MR) is 35.3 cm³/mol. The van der Waals surface area contributed by atoms with Gasteiger partial charge in [0.05, 0.1) is 0 Å². The molecule has 1 aliphatic carbocycles. The minimum absolute atomic E-state index is 0. The van der Waals surface area contributed by atoms with Crippen molar-refractivity contribution in [2.75, 3.05) is 0 Å². The largest absolute Gasteiger partial charge is 1.00 e. The van der Waals surface area contributed by atoms with Gasteiger partial charge >= 0.3 is 0 Å². The van der Waals surface area contributed by atoms with Crippen molar-refractivity contribution >= 4 is 0 Å². The average Bonchev–Trinajstić information content (AvgIpc) is 2.19. The molecule has 0 heterocycles. The van der Waals surface area contributed by atoms with Crippen LogP contribution in [0.25, 0.3) is 0 Å². The Kier molecular flexibility index (Phi) is 17.1.